The number of ether oxygens (including phenoxy) is 2. The van der Waals surface area contributed by atoms with Crippen LogP contribution in [0, 0.1) is 11.8 Å². The van der Waals surface area contributed by atoms with Crippen LogP contribution < -0.4 is 19.7 Å². The van der Waals surface area contributed by atoms with Gasteiger partial charge in [-0.3, -0.25) is 9.59 Å². The van der Waals surface area contributed by atoms with Crippen molar-refractivity contribution in [3.05, 3.63) is 18.2 Å². The lowest BCUT2D eigenvalue weighted by Crippen LogP contribution is -2.32. The summed E-state index contributed by atoms with van der Waals surface area (Å²) in [6.07, 6.45) is 5.95. The van der Waals surface area contributed by atoms with Crippen molar-refractivity contribution in [1.82, 2.24) is 5.32 Å². The lowest BCUT2D eigenvalue weighted by Gasteiger charge is -2.17. The summed E-state index contributed by atoms with van der Waals surface area (Å²) < 4.78 is 10.7. The smallest absolute Gasteiger partial charge is 0.231 e. The van der Waals surface area contributed by atoms with Crippen molar-refractivity contribution >= 4 is 17.5 Å². The number of hydrogen-bond donors (Lipinski definition) is 1. The zero-order valence-corrected chi connectivity index (χ0v) is 14.3. The van der Waals surface area contributed by atoms with Gasteiger partial charge >= 0.3 is 0 Å². The lowest BCUT2D eigenvalue weighted by molar-refractivity contribution is -0.122. The third kappa shape index (κ3) is 3.57. The number of anilines is 1. The number of carbonyl (C=O) groups is 2. The Labute approximate surface area is 147 Å². The van der Waals surface area contributed by atoms with Crippen LogP contribution in [-0.4, -0.2) is 31.7 Å². The van der Waals surface area contributed by atoms with E-state index in [1.165, 1.54) is 25.7 Å². The van der Waals surface area contributed by atoms with Gasteiger partial charge in [0.1, 0.15) is 0 Å². The average molecular weight is 344 g/mol. The maximum Gasteiger partial charge on any atom is 0.231 e. The second-order valence-corrected chi connectivity index (χ2v) is 7.27. The molecule has 1 atom stereocenters. The van der Waals surface area contributed by atoms with Gasteiger partial charge in [0, 0.05) is 43.6 Å². The van der Waals surface area contributed by atoms with E-state index in [0.717, 1.165) is 5.69 Å². The summed E-state index contributed by atoms with van der Waals surface area (Å²) >= 11 is 0. The number of carbonyl (C=O) groups excluding carboxylic acids is 2. The Morgan fingerprint density at radius 1 is 1.16 bits per heavy atom. The zero-order chi connectivity index (χ0) is 17.2. The molecule has 0 bridgehead atoms. The number of rotatable bonds is 5. The molecule has 25 heavy (non-hydrogen) atoms. The van der Waals surface area contributed by atoms with E-state index in [2.05, 4.69) is 5.32 Å². The highest BCUT2D eigenvalue weighted by Crippen LogP contribution is 2.37. The molecule has 1 unspecified atom stereocenters. The molecule has 1 saturated heterocycles. The number of benzene rings is 1. The van der Waals surface area contributed by atoms with Gasteiger partial charge in [0.25, 0.3) is 0 Å². The zero-order valence-electron chi connectivity index (χ0n) is 14.3. The van der Waals surface area contributed by atoms with E-state index in [1.807, 2.05) is 18.2 Å². The molecule has 0 radical (unpaired) electrons. The van der Waals surface area contributed by atoms with Crippen LogP contribution in [-0.2, 0) is 9.59 Å². The molecule has 1 saturated carbocycles. The Bertz CT molecular complexity index is 669. The van der Waals surface area contributed by atoms with E-state index in [0.29, 0.717) is 43.3 Å². The van der Waals surface area contributed by atoms with Crippen LogP contribution in [0.15, 0.2) is 18.2 Å². The Hall–Kier alpha value is -2.24. The van der Waals surface area contributed by atoms with E-state index in [4.69, 9.17) is 9.47 Å². The first-order valence-electron chi connectivity index (χ1n) is 9.16. The quantitative estimate of drug-likeness (QED) is 0.891. The Morgan fingerprint density at radius 3 is 2.80 bits per heavy atom. The SMILES string of the molecule is O=C(CC1CCCC1)NCC1CC(=O)N(c2ccc3c(c2)OCO3)C1. The highest BCUT2D eigenvalue weighted by Gasteiger charge is 2.32. The van der Waals surface area contributed by atoms with Crippen LogP contribution in [0.4, 0.5) is 5.69 Å². The van der Waals surface area contributed by atoms with Gasteiger partial charge in [-0.25, -0.2) is 0 Å². The summed E-state index contributed by atoms with van der Waals surface area (Å²) in [6.45, 7) is 1.42. The van der Waals surface area contributed by atoms with E-state index in [1.54, 1.807) is 4.90 Å². The fourth-order valence-corrected chi connectivity index (χ4v) is 4.03. The number of hydrogen-bond acceptors (Lipinski definition) is 4. The molecule has 0 spiro atoms. The van der Waals surface area contributed by atoms with E-state index in [9.17, 15) is 9.59 Å². The molecular formula is C19H24N2O4. The van der Waals surface area contributed by atoms with E-state index < -0.39 is 0 Å². The second-order valence-electron chi connectivity index (χ2n) is 7.27. The van der Waals surface area contributed by atoms with Crippen molar-refractivity contribution in [1.29, 1.82) is 0 Å². The number of fused-ring (bicyclic) bond motifs is 1. The summed E-state index contributed by atoms with van der Waals surface area (Å²) in [5.74, 6) is 2.32. The predicted molar refractivity (Wildman–Crippen MR) is 92.6 cm³/mol. The highest BCUT2D eigenvalue weighted by atomic mass is 16.7. The molecule has 2 aliphatic heterocycles. The summed E-state index contributed by atoms with van der Waals surface area (Å²) in [5, 5.41) is 3.02. The molecule has 4 rings (SSSR count). The summed E-state index contributed by atoms with van der Waals surface area (Å²) in [7, 11) is 0. The van der Waals surface area contributed by atoms with Crippen LogP contribution in [0.2, 0.25) is 0 Å². The highest BCUT2D eigenvalue weighted by molar-refractivity contribution is 5.96. The molecule has 6 heteroatoms. The molecule has 1 aromatic rings. The fourth-order valence-electron chi connectivity index (χ4n) is 4.03. The van der Waals surface area contributed by atoms with Crippen molar-refractivity contribution in [2.45, 2.75) is 38.5 Å². The van der Waals surface area contributed by atoms with Crippen molar-refractivity contribution < 1.29 is 19.1 Å². The van der Waals surface area contributed by atoms with Crippen LogP contribution in [0.3, 0.4) is 0 Å². The first kappa shape index (κ1) is 16.2. The number of amides is 2. The van der Waals surface area contributed by atoms with Crippen LogP contribution >= 0.6 is 0 Å². The van der Waals surface area contributed by atoms with Crippen molar-refractivity contribution in [3.63, 3.8) is 0 Å². The molecule has 6 nitrogen and oxygen atoms in total. The molecule has 2 heterocycles. The van der Waals surface area contributed by atoms with Gasteiger partial charge in [-0.05, 0) is 30.9 Å². The van der Waals surface area contributed by atoms with Gasteiger partial charge < -0.3 is 19.7 Å². The van der Waals surface area contributed by atoms with Crippen LogP contribution in [0.5, 0.6) is 11.5 Å². The van der Waals surface area contributed by atoms with Gasteiger partial charge in [0.05, 0.1) is 0 Å². The normalized spacial score (nSPS) is 22.6. The Morgan fingerprint density at radius 2 is 1.96 bits per heavy atom. The Kier molecular flexibility index (Phi) is 4.51. The topological polar surface area (TPSA) is 67.9 Å². The van der Waals surface area contributed by atoms with E-state index >= 15 is 0 Å². The van der Waals surface area contributed by atoms with E-state index in [-0.39, 0.29) is 24.5 Å². The summed E-state index contributed by atoms with van der Waals surface area (Å²) in [6, 6.07) is 5.56. The molecule has 3 aliphatic rings. The van der Waals surface area contributed by atoms with Crippen molar-refractivity contribution in [2.75, 3.05) is 24.8 Å². The van der Waals surface area contributed by atoms with Gasteiger partial charge in [0.2, 0.25) is 18.6 Å². The summed E-state index contributed by atoms with van der Waals surface area (Å²) in [4.78, 5) is 26.2. The second kappa shape index (κ2) is 6.94. The lowest BCUT2D eigenvalue weighted by atomic mass is 10.0. The standard InChI is InChI=1S/C19H24N2O4/c22-18(7-13-3-1-2-4-13)20-10-14-8-19(23)21(11-14)15-5-6-16-17(9-15)25-12-24-16/h5-6,9,13-14H,1-4,7-8,10-12H2,(H,20,22). The molecule has 1 N–H and O–H groups in total. The van der Waals surface area contributed by atoms with Gasteiger partial charge in [0.15, 0.2) is 11.5 Å². The maximum absolute atomic E-state index is 12.3. The fraction of sp³-hybridized carbons (Fsp3) is 0.579. The van der Waals surface area contributed by atoms with Crippen LogP contribution in [0.1, 0.15) is 38.5 Å². The third-order valence-electron chi connectivity index (χ3n) is 5.41. The molecular weight excluding hydrogens is 320 g/mol. The molecule has 134 valence electrons. The number of nitrogens with one attached hydrogen (secondary N) is 1. The van der Waals surface area contributed by atoms with Crippen molar-refractivity contribution in [2.24, 2.45) is 11.8 Å². The predicted octanol–water partition coefficient (Wildman–Crippen LogP) is 2.46. The van der Waals surface area contributed by atoms with Gasteiger partial charge in [-0.1, -0.05) is 12.8 Å². The first-order valence-corrected chi connectivity index (χ1v) is 9.16. The molecule has 1 aromatic carbocycles. The van der Waals surface area contributed by atoms with Crippen LogP contribution in [0.25, 0.3) is 0 Å². The van der Waals surface area contributed by atoms with Gasteiger partial charge in [-0.2, -0.15) is 0 Å². The third-order valence-corrected chi connectivity index (χ3v) is 5.41. The minimum absolute atomic E-state index is 0.0916. The van der Waals surface area contributed by atoms with Crippen molar-refractivity contribution in [3.8, 4) is 11.5 Å². The minimum atomic E-state index is 0.0916. The maximum atomic E-state index is 12.3. The Balaban J connectivity index is 1.30. The van der Waals surface area contributed by atoms with Gasteiger partial charge in [-0.15, -0.1) is 0 Å². The molecule has 2 amide bonds. The molecule has 1 aliphatic carbocycles. The summed E-state index contributed by atoms with van der Waals surface area (Å²) in [5.41, 5.74) is 0.828. The molecule has 0 aromatic heterocycles. The average Bonchev–Trinajstić information content (AvgIpc) is 3.33. The molecule has 2 fully saturated rings. The largest absolute Gasteiger partial charge is 0.454 e. The minimum Gasteiger partial charge on any atom is -0.454 e. The number of nitrogens with zero attached hydrogens (tertiary/aromatic N) is 1. The first-order chi connectivity index (χ1) is 12.2. The monoisotopic (exact) mass is 344 g/mol.